The smallest absolute Gasteiger partial charge is 0.0234 e. The molecule has 0 unspecified atom stereocenters. The van der Waals surface area contributed by atoms with Gasteiger partial charge in [-0.25, -0.2) is 0 Å². The molecule has 3 rings (SSSR count). The number of likely N-dealkylation sites (N-methyl/N-ethyl adjacent to an activating group) is 1. The Balaban J connectivity index is 1.66. The van der Waals surface area contributed by atoms with Crippen molar-refractivity contribution in [1.82, 2.24) is 4.90 Å². The Labute approximate surface area is 181 Å². The highest BCUT2D eigenvalue weighted by atomic mass is 15.1. The summed E-state index contributed by atoms with van der Waals surface area (Å²) in [5, 5.41) is 2.50. The Hall–Kier alpha value is -3.08. The van der Waals surface area contributed by atoms with Gasteiger partial charge < -0.3 is 0 Å². The van der Waals surface area contributed by atoms with E-state index in [1.165, 1.54) is 27.5 Å². The zero-order valence-corrected chi connectivity index (χ0v) is 18.6. The summed E-state index contributed by atoms with van der Waals surface area (Å²) in [5.41, 5.74) is 4.72. The zero-order valence-electron chi connectivity index (χ0n) is 18.6. The molecule has 3 aromatic carbocycles. The number of allylic oxidation sites excluding steroid dienone is 1. The van der Waals surface area contributed by atoms with Gasteiger partial charge in [0.2, 0.25) is 0 Å². The standard InChI is InChI=1S/C29H31N/c1-23(27-17-16-25-13-7-8-14-28(25)21-27)26-15-11-12-24(20-26)22-30(5)19-10-6-9-18-29(2,3)4/h6-8,10-17,20-21H,1,19,22H2,2-5H3/b10-6+. The van der Waals surface area contributed by atoms with Crippen LogP contribution in [0.2, 0.25) is 0 Å². The molecule has 0 atom stereocenters. The Morgan fingerprint density at radius 2 is 1.67 bits per heavy atom. The molecule has 0 bridgehead atoms. The predicted octanol–water partition coefficient (Wildman–Crippen LogP) is 6.94. The van der Waals surface area contributed by atoms with Crippen molar-refractivity contribution < 1.29 is 0 Å². The van der Waals surface area contributed by atoms with Gasteiger partial charge in [-0.15, -0.1) is 0 Å². The highest BCUT2D eigenvalue weighted by molar-refractivity contribution is 5.88. The van der Waals surface area contributed by atoms with Crippen LogP contribution in [-0.4, -0.2) is 18.5 Å². The van der Waals surface area contributed by atoms with Gasteiger partial charge in [0.15, 0.2) is 0 Å². The summed E-state index contributed by atoms with van der Waals surface area (Å²) in [7, 11) is 2.13. The van der Waals surface area contributed by atoms with E-state index in [9.17, 15) is 0 Å². The zero-order chi connectivity index (χ0) is 21.6. The van der Waals surface area contributed by atoms with Crippen molar-refractivity contribution in [3.05, 3.63) is 102 Å². The van der Waals surface area contributed by atoms with Crippen molar-refractivity contribution in [2.45, 2.75) is 27.3 Å². The van der Waals surface area contributed by atoms with Crippen molar-refractivity contribution in [3.63, 3.8) is 0 Å². The second-order valence-electron chi connectivity index (χ2n) is 8.86. The molecule has 0 amide bonds. The maximum Gasteiger partial charge on any atom is 0.0234 e. The first-order valence-electron chi connectivity index (χ1n) is 10.5. The van der Waals surface area contributed by atoms with E-state index in [0.717, 1.165) is 18.7 Å². The van der Waals surface area contributed by atoms with Gasteiger partial charge in [0.05, 0.1) is 0 Å². The summed E-state index contributed by atoms with van der Waals surface area (Å²) in [5.74, 6) is 6.36. The molecule has 0 saturated carbocycles. The second kappa shape index (κ2) is 9.61. The maximum absolute atomic E-state index is 4.37. The monoisotopic (exact) mass is 393 g/mol. The molecule has 152 valence electrons. The van der Waals surface area contributed by atoms with Crippen LogP contribution in [0.1, 0.15) is 37.5 Å². The van der Waals surface area contributed by atoms with Gasteiger partial charge in [-0.2, -0.15) is 0 Å². The van der Waals surface area contributed by atoms with Crippen LogP contribution in [0, 0.1) is 17.3 Å². The van der Waals surface area contributed by atoms with Crippen LogP contribution in [0.4, 0.5) is 0 Å². The number of hydrogen-bond acceptors (Lipinski definition) is 1. The van der Waals surface area contributed by atoms with Crippen LogP contribution in [0.25, 0.3) is 16.3 Å². The molecule has 0 aliphatic carbocycles. The van der Waals surface area contributed by atoms with E-state index in [2.05, 4.69) is 124 Å². The van der Waals surface area contributed by atoms with Crippen LogP contribution in [0.15, 0.2) is 85.5 Å². The van der Waals surface area contributed by atoms with Gasteiger partial charge in [-0.05, 0) is 79.1 Å². The molecule has 1 heteroatoms. The van der Waals surface area contributed by atoms with Gasteiger partial charge in [-0.1, -0.05) is 79.1 Å². The van der Waals surface area contributed by atoms with Crippen LogP contribution >= 0.6 is 0 Å². The lowest BCUT2D eigenvalue weighted by atomic mass is 9.96. The highest BCUT2D eigenvalue weighted by Gasteiger charge is 2.06. The Bertz CT molecular complexity index is 1120. The predicted molar refractivity (Wildman–Crippen MR) is 131 cm³/mol. The van der Waals surface area contributed by atoms with E-state index in [4.69, 9.17) is 0 Å². The largest absolute Gasteiger partial charge is 0.298 e. The summed E-state index contributed by atoms with van der Waals surface area (Å²) < 4.78 is 0. The van der Waals surface area contributed by atoms with E-state index in [1.807, 2.05) is 6.08 Å². The van der Waals surface area contributed by atoms with Gasteiger partial charge in [-0.3, -0.25) is 4.90 Å². The van der Waals surface area contributed by atoms with Gasteiger partial charge in [0.25, 0.3) is 0 Å². The van der Waals surface area contributed by atoms with Crippen LogP contribution in [0.5, 0.6) is 0 Å². The first kappa shape index (κ1) is 21.6. The first-order valence-corrected chi connectivity index (χ1v) is 10.5. The summed E-state index contributed by atoms with van der Waals surface area (Å²) in [4.78, 5) is 2.28. The van der Waals surface area contributed by atoms with Crippen LogP contribution in [-0.2, 0) is 6.54 Å². The summed E-state index contributed by atoms with van der Waals surface area (Å²) in [6.45, 7) is 12.5. The van der Waals surface area contributed by atoms with E-state index in [1.54, 1.807) is 0 Å². The summed E-state index contributed by atoms with van der Waals surface area (Å²) >= 11 is 0. The number of rotatable bonds is 6. The van der Waals surface area contributed by atoms with E-state index < -0.39 is 0 Å². The first-order chi connectivity index (χ1) is 14.3. The van der Waals surface area contributed by atoms with Crippen molar-refractivity contribution in [2.24, 2.45) is 5.41 Å². The number of benzene rings is 3. The van der Waals surface area contributed by atoms with Gasteiger partial charge >= 0.3 is 0 Å². The number of nitrogens with zero attached hydrogens (tertiary/aromatic N) is 1. The highest BCUT2D eigenvalue weighted by Crippen LogP contribution is 2.26. The molecule has 0 aliphatic rings. The molecular weight excluding hydrogens is 362 g/mol. The van der Waals surface area contributed by atoms with Crippen molar-refractivity contribution in [1.29, 1.82) is 0 Å². The van der Waals surface area contributed by atoms with E-state index >= 15 is 0 Å². The third-order valence-corrected chi connectivity index (χ3v) is 4.89. The summed E-state index contributed by atoms with van der Waals surface area (Å²) in [6.07, 6.45) is 4.08. The molecule has 30 heavy (non-hydrogen) atoms. The Morgan fingerprint density at radius 1 is 0.933 bits per heavy atom. The SMILES string of the molecule is C=C(c1cccc(CN(C)C/C=C/C#CC(C)(C)C)c1)c1ccc2ccccc2c1. The van der Waals surface area contributed by atoms with E-state index in [-0.39, 0.29) is 5.41 Å². The third-order valence-electron chi connectivity index (χ3n) is 4.89. The van der Waals surface area contributed by atoms with Crippen LogP contribution in [0.3, 0.4) is 0 Å². The molecule has 0 spiro atoms. The molecule has 0 N–H and O–H groups in total. The number of hydrogen-bond donors (Lipinski definition) is 0. The quantitative estimate of drug-likeness (QED) is 0.410. The van der Waals surface area contributed by atoms with Crippen molar-refractivity contribution in [3.8, 4) is 11.8 Å². The molecule has 3 aromatic rings. The molecule has 0 aromatic heterocycles. The second-order valence-corrected chi connectivity index (χ2v) is 8.86. The Morgan fingerprint density at radius 3 is 2.43 bits per heavy atom. The normalized spacial score (nSPS) is 11.6. The van der Waals surface area contributed by atoms with Crippen LogP contribution < -0.4 is 0 Å². The van der Waals surface area contributed by atoms with Crippen molar-refractivity contribution in [2.75, 3.05) is 13.6 Å². The molecule has 0 radical (unpaired) electrons. The molecule has 0 saturated heterocycles. The van der Waals surface area contributed by atoms with Gasteiger partial charge in [0, 0.05) is 18.5 Å². The molecule has 0 fully saturated rings. The fraction of sp³-hybridized carbons (Fsp3) is 0.241. The minimum atomic E-state index is 0.0458. The minimum absolute atomic E-state index is 0.0458. The third kappa shape index (κ3) is 6.21. The molecule has 0 aliphatic heterocycles. The average Bonchev–Trinajstić information content (AvgIpc) is 2.72. The fourth-order valence-electron chi connectivity index (χ4n) is 3.33. The fourth-order valence-corrected chi connectivity index (χ4v) is 3.33. The molecule has 1 nitrogen and oxygen atoms in total. The maximum atomic E-state index is 4.37. The lowest BCUT2D eigenvalue weighted by Crippen LogP contribution is -2.17. The lowest BCUT2D eigenvalue weighted by molar-refractivity contribution is 0.363. The topological polar surface area (TPSA) is 3.24 Å². The molecule has 0 heterocycles. The number of fused-ring (bicyclic) bond motifs is 1. The lowest BCUT2D eigenvalue weighted by Gasteiger charge is -2.16. The Kier molecular flexibility index (Phi) is 6.93. The summed E-state index contributed by atoms with van der Waals surface area (Å²) in [6, 6.07) is 23.7. The minimum Gasteiger partial charge on any atom is -0.298 e. The van der Waals surface area contributed by atoms with E-state index in [0.29, 0.717) is 0 Å². The van der Waals surface area contributed by atoms with Gasteiger partial charge in [0.1, 0.15) is 0 Å². The molecular formula is C29H31N. The van der Waals surface area contributed by atoms with Crippen molar-refractivity contribution >= 4 is 16.3 Å². The average molecular weight is 394 g/mol.